The minimum atomic E-state index is -1.17. The highest BCUT2D eigenvalue weighted by atomic mass is 32.1. The lowest BCUT2D eigenvalue weighted by atomic mass is 10.2. The Bertz CT molecular complexity index is 838. The van der Waals surface area contributed by atoms with E-state index in [-0.39, 0.29) is 22.7 Å². The molecule has 0 radical (unpaired) electrons. The molecule has 0 saturated carbocycles. The Balaban J connectivity index is 2.25. The third-order valence-corrected chi connectivity index (χ3v) is 3.67. The van der Waals surface area contributed by atoms with Gasteiger partial charge in [-0.1, -0.05) is 12.1 Å². The van der Waals surface area contributed by atoms with Crippen LogP contribution in [0.1, 0.15) is 23.0 Å². The number of hydrogen-bond acceptors (Lipinski definition) is 7. The molecule has 1 amide bonds. The Hall–Kier alpha value is -3.07. The Morgan fingerprint density at radius 1 is 1.25 bits per heavy atom. The van der Waals surface area contributed by atoms with E-state index in [1.807, 2.05) is 0 Å². The van der Waals surface area contributed by atoms with Crippen LogP contribution in [0.2, 0.25) is 0 Å². The number of aromatic carboxylic acids is 1. The summed E-state index contributed by atoms with van der Waals surface area (Å²) in [5, 5.41) is 30.8. The maximum Gasteiger partial charge on any atom is 0.337 e. The quantitative estimate of drug-likeness (QED) is 0.433. The third-order valence-electron chi connectivity index (χ3n) is 2.79. The number of aliphatic hydroxyl groups is 1. The van der Waals surface area contributed by atoms with Gasteiger partial charge >= 0.3 is 5.97 Å². The highest BCUT2D eigenvalue weighted by Crippen LogP contribution is 2.21. The molecule has 8 nitrogen and oxygen atoms in total. The topological polar surface area (TPSA) is 124 Å². The van der Waals surface area contributed by atoms with Gasteiger partial charge in [0.2, 0.25) is 0 Å². The van der Waals surface area contributed by atoms with Gasteiger partial charge in [-0.2, -0.15) is 0 Å². The monoisotopic (exact) mass is 346 g/mol. The number of nitrogens with one attached hydrogen (secondary N) is 1. The number of carboxylic acids is 1. The number of carboxylic acid groups (broad SMARTS) is 1. The number of aryl methyl sites for hydroxylation is 1. The second-order valence-corrected chi connectivity index (χ2v) is 5.56. The van der Waals surface area contributed by atoms with E-state index >= 15 is 0 Å². The molecule has 1 aromatic carbocycles. The fraction of sp³-hybridized carbons (Fsp3) is 0.133. The number of carbonyl (C=O) groups excluding carboxylic acids is 1. The highest BCUT2D eigenvalue weighted by molar-refractivity contribution is 7.13. The molecule has 0 saturated heterocycles. The lowest BCUT2D eigenvalue weighted by Gasteiger charge is -2.03. The van der Waals surface area contributed by atoms with E-state index < -0.39 is 11.9 Å². The van der Waals surface area contributed by atoms with Gasteiger partial charge in [0.05, 0.1) is 11.3 Å². The zero-order chi connectivity index (χ0) is 17.7. The van der Waals surface area contributed by atoms with Crippen LogP contribution < -0.4 is 5.32 Å². The zero-order valence-corrected chi connectivity index (χ0v) is 13.7. The Kier molecular flexibility index (Phi) is 5.38. The van der Waals surface area contributed by atoms with Crippen molar-refractivity contribution in [3.8, 4) is 0 Å². The van der Waals surface area contributed by atoms with Gasteiger partial charge in [-0.3, -0.25) is 10.1 Å². The molecule has 124 valence electrons. The molecule has 0 atom stereocenters. The predicted octanol–water partition coefficient (Wildman–Crippen LogP) is 3.66. The average Bonchev–Trinajstić information content (AvgIpc) is 2.92. The number of thiazole rings is 1. The maximum atomic E-state index is 12.2. The molecule has 3 N–H and O–H groups in total. The van der Waals surface area contributed by atoms with Crippen LogP contribution in [-0.4, -0.2) is 27.1 Å². The van der Waals surface area contributed by atoms with Crippen LogP contribution >= 0.6 is 11.3 Å². The fourth-order valence-corrected chi connectivity index (χ4v) is 2.38. The van der Waals surface area contributed by atoms with Crippen LogP contribution in [-0.2, 0) is 4.79 Å². The number of aliphatic hydroxyl groups excluding tert-OH is 1. The summed E-state index contributed by atoms with van der Waals surface area (Å²) < 4.78 is 0. The normalized spacial score (nSPS) is 12.1. The van der Waals surface area contributed by atoms with Crippen molar-refractivity contribution in [2.75, 3.05) is 5.32 Å². The molecule has 1 aromatic heterocycles. The van der Waals surface area contributed by atoms with Gasteiger partial charge in [-0.15, -0.1) is 21.6 Å². The first-order valence-corrected chi connectivity index (χ1v) is 7.64. The van der Waals surface area contributed by atoms with E-state index in [1.54, 1.807) is 24.4 Å². The lowest BCUT2D eigenvalue weighted by molar-refractivity contribution is -0.113. The molecule has 0 bridgehead atoms. The van der Waals surface area contributed by atoms with Crippen molar-refractivity contribution < 1.29 is 19.8 Å². The van der Waals surface area contributed by atoms with Crippen LogP contribution in [0.25, 0.3) is 0 Å². The Labute approximate surface area is 141 Å². The predicted molar refractivity (Wildman–Crippen MR) is 88.7 cm³/mol. The van der Waals surface area contributed by atoms with Gasteiger partial charge in [0.15, 0.2) is 10.8 Å². The Morgan fingerprint density at radius 3 is 2.54 bits per heavy atom. The summed E-state index contributed by atoms with van der Waals surface area (Å²) in [4.78, 5) is 27.4. The first-order chi connectivity index (χ1) is 11.4. The number of amides is 1. The van der Waals surface area contributed by atoms with Crippen molar-refractivity contribution in [2.24, 2.45) is 10.2 Å². The Morgan fingerprint density at radius 2 is 1.96 bits per heavy atom. The molecule has 1 heterocycles. The van der Waals surface area contributed by atoms with E-state index in [9.17, 15) is 14.7 Å². The molecule has 0 aliphatic rings. The number of allylic oxidation sites excluding steroid dienone is 1. The summed E-state index contributed by atoms with van der Waals surface area (Å²) in [6, 6.07) is 5.95. The van der Waals surface area contributed by atoms with Crippen LogP contribution in [0.15, 0.2) is 51.3 Å². The SMILES string of the molecule is C/C(O)=C(\N=Nc1ccccc1C(=O)O)C(=O)Nc1nc(C)cs1. The van der Waals surface area contributed by atoms with E-state index in [2.05, 4.69) is 20.5 Å². The van der Waals surface area contributed by atoms with Crippen LogP contribution in [0.3, 0.4) is 0 Å². The van der Waals surface area contributed by atoms with Crippen molar-refractivity contribution in [3.05, 3.63) is 52.4 Å². The molecule has 2 rings (SSSR count). The summed E-state index contributed by atoms with van der Waals surface area (Å²) in [5.74, 6) is -2.21. The zero-order valence-electron chi connectivity index (χ0n) is 12.8. The number of carbonyl (C=O) groups is 2. The number of aromatic nitrogens is 1. The molecule has 24 heavy (non-hydrogen) atoms. The number of anilines is 1. The second-order valence-electron chi connectivity index (χ2n) is 4.70. The molecule has 0 unspecified atom stereocenters. The fourth-order valence-electron chi connectivity index (χ4n) is 1.70. The number of nitrogens with zero attached hydrogens (tertiary/aromatic N) is 3. The van der Waals surface area contributed by atoms with Gasteiger partial charge in [-0.05, 0) is 26.0 Å². The third kappa shape index (κ3) is 4.23. The molecule has 0 spiro atoms. The molecule has 9 heteroatoms. The maximum absolute atomic E-state index is 12.2. The molecule has 0 aliphatic carbocycles. The van der Waals surface area contributed by atoms with Gasteiger partial charge in [-0.25, -0.2) is 9.78 Å². The first kappa shape index (κ1) is 17.3. The van der Waals surface area contributed by atoms with Gasteiger partial charge in [0.1, 0.15) is 11.4 Å². The molecule has 0 fully saturated rings. The molecular weight excluding hydrogens is 332 g/mol. The van der Waals surface area contributed by atoms with Gasteiger partial charge in [0.25, 0.3) is 5.91 Å². The van der Waals surface area contributed by atoms with Gasteiger partial charge in [0, 0.05) is 5.38 Å². The summed E-state index contributed by atoms with van der Waals surface area (Å²) in [7, 11) is 0. The van der Waals surface area contributed by atoms with E-state index in [1.165, 1.54) is 30.4 Å². The smallest absolute Gasteiger partial charge is 0.337 e. The largest absolute Gasteiger partial charge is 0.510 e. The number of hydrogen-bond donors (Lipinski definition) is 3. The average molecular weight is 346 g/mol. The van der Waals surface area contributed by atoms with Crippen LogP contribution in [0, 0.1) is 6.92 Å². The summed E-state index contributed by atoms with van der Waals surface area (Å²) in [6.45, 7) is 3.06. The standard InChI is InChI=1S/C15H14N4O4S/c1-8-7-24-15(16-8)17-13(21)12(9(2)20)19-18-11-6-4-3-5-10(11)14(22)23/h3-7,20H,1-2H3,(H,22,23)(H,16,17,21)/b12-9+,19-18?. The molecule has 2 aromatic rings. The molecular formula is C15H14N4O4S. The number of rotatable bonds is 5. The minimum Gasteiger partial charge on any atom is -0.510 e. The number of azo groups is 1. The summed E-state index contributed by atoms with van der Waals surface area (Å²) in [5.41, 5.74) is 0.426. The number of benzene rings is 1. The lowest BCUT2D eigenvalue weighted by Crippen LogP contribution is -2.14. The second kappa shape index (κ2) is 7.47. The molecule has 0 aliphatic heterocycles. The first-order valence-electron chi connectivity index (χ1n) is 6.76. The van der Waals surface area contributed by atoms with Crippen molar-refractivity contribution >= 4 is 34.0 Å². The van der Waals surface area contributed by atoms with Crippen LogP contribution in [0.4, 0.5) is 10.8 Å². The van der Waals surface area contributed by atoms with Crippen molar-refractivity contribution in [1.82, 2.24) is 4.98 Å². The van der Waals surface area contributed by atoms with E-state index in [0.29, 0.717) is 5.13 Å². The summed E-state index contributed by atoms with van der Waals surface area (Å²) >= 11 is 1.23. The van der Waals surface area contributed by atoms with E-state index in [0.717, 1.165) is 5.69 Å². The minimum absolute atomic E-state index is 0.0628. The van der Waals surface area contributed by atoms with Gasteiger partial charge < -0.3 is 10.2 Å². The summed E-state index contributed by atoms with van der Waals surface area (Å²) in [6.07, 6.45) is 0. The van der Waals surface area contributed by atoms with Crippen molar-refractivity contribution in [1.29, 1.82) is 0 Å². The van der Waals surface area contributed by atoms with Crippen molar-refractivity contribution in [2.45, 2.75) is 13.8 Å². The van der Waals surface area contributed by atoms with E-state index in [4.69, 9.17) is 5.11 Å². The van der Waals surface area contributed by atoms with Crippen molar-refractivity contribution in [3.63, 3.8) is 0 Å². The highest BCUT2D eigenvalue weighted by Gasteiger charge is 2.15. The van der Waals surface area contributed by atoms with Crippen LogP contribution in [0.5, 0.6) is 0 Å².